The van der Waals surface area contributed by atoms with Crippen molar-refractivity contribution in [1.82, 2.24) is 19.8 Å². The van der Waals surface area contributed by atoms with Gasteiger partial charge in [0.2, 0.25) is 4.77 Å². The van der Waals surface area contributed by atoms with E-state index in [1.54, 1.807) is 21.9 Å². The molecule has 1 fully saturated rings. The quantitative estimate of drug-likeness (QED) is 0.444. The summed E-state index contributed by atoms with van der Waals surface area (Å²) < 4.78 is 19.1. The summed E-state index contributed by atoms with van der Waals surface area (Å²) in [5.74, 6) is 1.67. The Morgan fingerprint density at radius 3 is 2.84 bits per heavy atom. The molecule has 1 aromatic heterocycles. The number of rotatable bonds is 10. The molecule has 0 aliphatic carbocycles. The predicted octanol–water partition coefficient (Wildman–Crippen LogP) is 3.32. The lowest BCUT2D eigenvalue weighted by molar-refractivity contribution is -0.132. The molecule has 3 rings (SSSR count). The van der Waals surface area contributed by atoms with Gasteiger partial charge in [0.1, 0.15) is 6.10 Å². The number of ether oxygens (including phenoxy) is 3. The summed E-state index contributed by atoms with van der Waals surface area (Å²) in [5, 5.41) is 11.5. The van der Waals surface area contributed by atoms with Gasteiger partial charge >= 0.3 is 0 Å². The third-order valence-electron chi connectivity index (χ3n) is 4.95. The molecule has 1 amide bonds. The minimum atomic E-state index is -0.108. The molecule has 9 nitrogen and oxygen atoms in total. The van der Waals surface area contributed by atoms with Crippen molar-refractivity contribution >= 4 is 24.3 Å². The number of aromatic nitrogens is 3. The highest BCUT2D eigenvalue weighted by molar-refractivity contribution is 7.71. The Morgan fingerprint density at radius 1 is 1.35 bits per heavy atom. The van der Waals surface area contributed by atoms with Crippen LogP contribution in [0, 0.1) is 4.77 Å². The molecule has 0 radical (unpaired) electrons. The second-order valence-corrected chi connectivity index (χ2v) is 7.33. The molecule has 1 saturated heterocycles. The lowest BCUT2D eigenvalue weighted by Gasteiger charge is -2.19. The Labute approximate surface area is 187 Å². The van der Waals surface area contributed by atoms with Crippen LogP contribution in [0.5, 0.6) is 11.5 Å². The predicted molar refractivity (Wildman–Crippen MR) is 119 cm³/mol. The van der Waals surface area contributed by atoms with Crippen molar-refractivity contribution in [1.29, 1.82) is 0 Å². The number of H-pyrrole nitrogens is 1. The van der Waals surface area contributed by atoms with Crippen LogP contribution in [0.4, 0.5) is 0 Å². The van der Waals surface area contributed by atoms with E-state index in [1.165, 1.54) is 0 Å². The van der Waals surface area contributed by atoms with E-state index >= 15 is 0 Å². The Balaban J connectivity index is 1.76. The fraction of sp³-hybridized carbons (Fsp3) is 0.524. The van der Waals surface area contributed by atoms with Crippen molar-refractivity contribution in [3.8, 4) is 11.5 Å². The van der Waals surface area contributed by atoms with E-state index in [1.807, 2.05) is 32.9 Å². The van der Waals surface area contributed by atoms with E-state index in [0.29, 0.717) is 48.4 Å². The second-order valence-electron chi connectivity index (χ2n) is 6.94. The lowest BCUT2D eigenvalue weighted by atomic mass is 10.2. The molecule has 168 valence electrons. The number of aromatic amines is 1. The van der Waals surface area contributed by atoms with E-state index in [2.05, 4.69) is 15.3 Å². The van der Waals surface area contributed by atoms with Crippen molar-refractivity contribution < 1.29 is 19.0 Å². The summed E-state index contributed by atoms with van der Waals surface area (Å²) in [6.45, 7) is 8.22. The number of benzene rings is 1. The maximum Gasteiger partial charge on any atom is 0.260 e. The Morgan fingerprint density at radius 2 is 2.16 bits per heavy atom. The van der Waals surface area contributed by atoms with Gasteiger partial charge in [-0.15, -0.1) is 0 Å². The van der Waals surface area contributed by atoms with Crippen LogP contribution in [0.25, 0.3) is 0 Å². The summed E-state index contributed by atoms with van der Waals surface area (Å²) in [6.07, 6.45) is 3.45. The van der Waals surface area contributed by atoms with Crippen LogP contribution in [0.3, 0.4) is 0 Å². The summed E-state index contributed by atoms with van der Waals surface area (Å²) in [4.78, 5) is 14.0. The first-order valence-electron chi connectivity index (χ1n) is 10.6. The number of amides is 1. The average Bonchev–Trinajstić information content (AvgIpc) is 3.42. The van der Waals surface area contributed by atoms with Gasteiger partial charge in [0, 0.05) is 19.7 Å². The van der Waals surface area contributed by atoms with Gasteiger partial charge in [0.25, 0.3) is 5.91 Å². The van der Waals surface area contributed by atoms with Gasteiger partial charge in [0.15, 0.2) is 23.9 Å². The number of hydrogen-bond donors (Lipinski definition) is 1. The number of carbonyl (C=O) groups excluding carboxylic acids is 1. The molecule has 0 spiro atoms. The van der Waals surface area contributed by atoms with Gasteiger partial charge in [0.05, 0.1) is 12.8 Å². The number of hydrogen-bond acceptors (Lipinski definition) is 7. The topological polar surface area (TPSA) is 94.0 Å². The molecule has 31 heavy (non-hydrogen) atoms. The van der Waals surface area contributed by atoms with Gasteiger partial charge in [-0.3, -0.25) is 9.89 Å². The normalized spacial score (nSPS) is 16.0. The summed E-state index contributed by atoms with van der Waals surface area (Å²) in [6, 6.07) is 5.44. The largest absolute Gasteiger partial charge is 0.490 e. The van der Waals surface area contributed by atoms with E-state index < -0.39 is 0 Å². The SMILES string of the molecule is CCOc1cc(/C=N\n2c(C3CCCO3)n[nH]c2=S)ccc1OCC(=O)N(CC)CC. The molecule has 1 aliphatic heterocycles. The molecule has 1 atom stereocenters. The number of likely N-dealkylation sites (N-methyl/N-ethyl adjacent to an activating group) is 1. The maximum atomic E-state index is 12.2. The number of carbonyl (C=O) groups is 1. The van der Waals surface area contributed by atoms with Crippen molar-refractivity contribution in [3.05, 3.63) is 34.4 Å². The summed E-state index contributed by atoms with van der Waals surface area (Å²) >= 11 is 5.31. The van der Waals surface area contributed by atoms with Crippen LogP contribution in [-0.2, 0) is 9.53 Å². The standard InChI is InChI=1S/C21H29N5O4S/c1-4-25(5-2)19(27)14-30-16-10-9-15(12-18(16)28-6-3)13-22-26-20(23-24-21(26)31)17-8-7-11-29-17/h9-10,12-13,17H,4-8,11,14H2,1-3H3,(H,24,31)/b22-13-. The van der Waals surface area contributed by atoms with Gasteiger partial charge in [-0.25, -0.2) is 0 Å². The van der Waals surface area contributed by atoms with Crippen molar-refractivity contribution in [2.24, 2.45) is 5.10 Å². The Kier molecular flexibility index (Phi) is 8.19. The molecule has 1 N–H and O–H groups in total. The maximum absolute atomic E-state index is 12.2. The van der Waals surface area contributed by atoms with E-state index in [-0.39, 0.29) is 18.6 Å². The molecule has 2 aromatic rings. The Hall–Kier alpha value is -2.72. The van der Waals surface area contributed by atoms with Crippen LogP contribution >= 0.6 is 12.2 Å². The molecular formula is C21H29N5O4S. The van der Waals surface area contributed by atoms with E-state index in [4.69, 9.17) is 26.4 Å². The Bertz CT molecular complexity index is 961. The third-order valence-corrected chi connectivity index (χ3v) is 5.21. The first kappa shape index (κ1) is 23.0. The zero-order valence-electron chi connectivity index (χ0n) is 18.2. The third kappa shape index (κ3) is 5.71. The van der Waals surface area contributed by atoms with Crippen molar-refractivity contribution in [2.45, 2.75) is 39.7 Å². The molecule has 1 unspecified atom stereocenters. The smallest absolute Gasteiger partial charge is 0.260 e. The summed E-state index contributed by atoms with van der Waals surface area (Å²) in [7, 11) is 0. The summed E-state index contributed by atoms with van der Waals surface area (Å²) in [5.41, 5.74) is 0.798. The molecule has 0 saturated carbocycles. The fourth-order valence-corrected chi connectivity index (χ4v) is 3.52. The zero-order chi connectivity index (χ0) is 22.2. The minimum Gasteiger partial charge on any atom is -0.490 e. The average molecular weight is 448 g/mol. The molecule has 0 bridgehead atoms. The monoisotopic (exact) mass is 447 g/mol. The van der Waals surface area contributed by atoms with Crippen LogP contribution in [-0.4, -0.2) is 64.8 Å². The van der Waals surface area contributed by atoms with Crippen LogP contribution in [0.2, 0.25) is 0 Å². The highest BCUT2D eigenvalue weighted by Crippen LogP contribution is 2.29. The van der Waals surface area contributed by atoms with E-state index in [0.717, 1.165) is 18.4 Å². The lowest BCUT2D eigenvalue weighted by Crippen LogP contribution is -2.34. The number of nitrogens with one attached hydrogen (secondary N) is 1. The van der Waals surface area contributed by atoms with Gasteiger partial charge in [-0.1, -0.05) is 0 Å². The zero-order valence-corrected chi connectivity index (χ0v) is 19.0. The van der Waals surface area contributed by atoms with Crippen LogP contribution < -0.4 is 9.47 Å². The first-order valence-corrected chi connectivity index (χ1v) is 11.0. The molecular weight excluding hydrogens is 418 g/mol. The van der Waals surface area contributed by atoms with Gasteiger partial charge < -0.3 is 19.1 Å². The van der Waals surface area contributed by atoms with Crippen LogP contribution in [0.15, 0.2) is 23.3 Å². The second kappa shape index (κ2) is 11.1. The van der Waals surface area contributed by atoms with Crippen LogP contribution in [0.1, 0.15) is 51.1 Å². The molecule has 1 aromatic carbocycles. The highest BCUT2D eigenvalue weighted by atomic mass is 32.1. The molecule has 1 aliphatic rings. The van der Waals surface area contributed by atoms with E-state index in [9.17, 15) is 4.79 Å². The van der Waals surface area contributed by atoms with Crippen molar-refractivity contribution in [3.63, 3.8) is 0 Å². The van der Waals surface area contributed by atoms with Crippen molar-refractivity contribution in [2.75, 3.05) is 32.9 Å². The number of nitrogens with zero attached hydrogens (tertiary/aromatic N) is 4. The first-order chi connectivity index (χ1) is 15.1. The molecule has 10 heteroatoms. The minimum absolute atomic E-state index is 0.0376. The fourth-order valence-electron chi connectivity index (χ4n) is 3.33. The van der Waals surface area contributed by atoms with Gasteiger partial charge in [-0.05, 0) is 69.6 Å². The molecule has 2 heterocycles. The highest BCUT2D eigenvalue weighted by Gasteiger charge is 2.23. The van der Waals surface area contributed by atoms with Gasteiger partial charge in [-0.2, -0.15) is 14.9 Å².